The van der Waals surface area contributed by atoms with Crippen molar-refractivity contribution in [3.05, 3.63) is 30.1 Å². The van der Waals surface area contributed by atoms with Gasteiger partial charge in [0.25, 0.3) is 5.91 Å². The quantitative estimate of drug-likeness (QED) is 0.755. The molecule has 25 heavy (non-hydrogen) atoms. The second-order valence-corrected chi connectivity index (χ2v) is 6.99. The zero-order valence-electron chi connectivity index (χ0n) is 15.0. The van der Waals surface area contributed by atoms with E-state index < -0.39 is 5.60 Å². The van der Waals surface area contributed by atoms with Crippen LogP contribution in [-0.2, 0) is 14.3 Å². The lowest BCUT2D eigenvalue weighted by Gasteiger charge is -2.34. The van der Waals surface area contributed by atoms with Crippen molar-refractivity contribution in [2.75, 3.05) is 39.3 Å². The van der Waals surface area contributed by atoms with Crippen molar-refractivity contribution in [3.8, 4) is 5.75 Å². The molecule has 1 aromatic rings. The molecule has 1 aromatic carbocycles. The SMILES string of the molecule is CC(C)(C)OC(=O)CN1CCN(C(=O)COc2ccc(F)cc2)CC1. The van der Waals surface area contributed by atoms with E-state index in [4.69, 9.17) is 9.47 Å². The average Bonchev–Trinajstić information content (AvgIpc) is 2.53. The molecule has 0 spiro atoms. The maximum Gasteiger partial charge on any atom is 0.320 e. The van der Waals surface area contributed by atoms with Gasteiger partial charge in [-0.3, -0.25) is 14.5 Å². The standard InChI is InChI=1S/C18H25FN2O4/c1-18(2,3)25-17(23)12-20-8-10-21(11-9-20)16(22)13-24-15-6-4-14(19)5-7-15/h4-7H,8-13H2,1-3H3. The molecule has 1 fully saturated rings. The zero-order chi connectivity index (χ0) is 18.4. The van der Waals surface area contributed by atoms with Gasteiger partial charge in [-0.2, -0.15) is 0 Å². The van der Waals surface area contributed by atoms with Crippen LogP contribution in [0.1, 0.15) is 20.8 Å². The first-order chi connectivity index (χ1) is 11.7. The highest BCUT2D eigenvalue weighted by atomic mass is 19.1. The van der Waals surface area contributed by atoms with Crippen molar-refractivity contribution >= 4 is 11.9 Å². The van der Waals surface area contributed by atoms with Gasteiger partial charge in [-0.15, -0.1) is 0 Å². The summed E-state index contributed by atoms with van der Waals surface area (Å²) in [5.74, 6) is -0.272. The first-order valence-corrected chi connectivity index (χ1v) is 8.33. The molecule has 1 amide bonds. The highest BCUT2D eigenvalue weighted by Gasteiger charge is 2.24. The minimum absolute atomic E-state index is 0.0856. The van der Waals surface area contributed by atoms with Gasteiger partial charge < -0.3 is 14.4 Å². The first-order valence-electron chi connectivity index (χ1n) is 8.33. The van der Waals surface area contributed by atoms with Crippen LogP contribution in [0.25, 0.3) is 0 Å². The van der Waals surface area contributed by atoms with Crippen LogP contribution in [0.2, 0.25) is 0 Å². The number of hydrogen-bond donors (Lipinski definition) is 0. The molecule has 0 bridgehead atoms. The lowest BCUT2D eigenvalue weighted by Crippen LogP contribution is -2.51. The maximum atomic E-state index is 12.8. The number of rotatable bonds is 5. The highest BCUT2D eigenvalue weighted by Crippen LogP contribution is 2.12. The first kappa shape index (κ1) is 19.2. The maximum absolute atomic E-state index is 12.8. The van der Waals surface area contributed by atoms with Crippen LogP contribution in [0.15, 0.2) is 24.3 Å². The molecule has 0 aliphatic carbocycles. The fraction of sp³-hybridized carbons (Fsp3) is 0.556. The van der Waals surface area contributed by atoms with Gasteiger partial charge in [-0.1, -0.05) is 0 Å². The summed E-state index contributed by atoms with van der Waals surface area (Å²) < 4.78 is 23.5. The van der Waals surface area contributed by atoms with Crippen molar-refractivity contribution in [1.29, 1.82) is 0 Å². The van der Waals surface area contributed by atoms with Gasteiger partial charge >= 0.3 is 5.97 Å². The molecule has 1 heterocycles. The monoisotopic (exact) mass is 352 g/mol. The Kier molecular flexibility index (Phi) is 6.36. The van der Waals surface area contributed by atoms with E-state index in [1.54, 1.807) is 4.90 Å². The molecule has 138 valence electrons. The van der Waals surface area contributed by atoms with Gasteiger partial charge in [0.05, 0.1) is 6.54 Å². The summed E-state index contributed by atoms with van der Waals surface area (Å²) in [6, 6.07) is 5.55. The second-order valence-electron chi connectivity index (χ2n) is 6.99. The summed E-state index contributed by atoms with van der Waals surface area (Å²) >= 11 is 0. The van der Waals surface area contributed by atoms with Crippen LogP contribution in [-0.4, -0.2) is 66.6 Å². The number of esters is 1. The molecule has 0 atom stereocenters. The fourth-order valence-electron chi connectivity index (χ4n) is 2.48. The van der Waals surface area contributed by atoms with E-state index in [2.05, 4.69) is 0 Å². The minimum Gasteiger partial charge on any atom is -0.484 e. The summed E-state index contributed by atoms with van der Waals surface area (Å²) in [5.41, 5.74) is -0.493. The second kappa shape index (κ2) is 8.29. The van der Waals surface area contributed by atoms with E-state index in [0.29, 0.717) is 31.9 Å². The van der Waals surface area contributed by atoms with Gasteiger partial charge in [0.1, 0.15) is 17.2 Å². The third-order valence-electron chi connectivity index (χ3n) is 3.67. The topological polar surface area (TPSA) is 59.1 Å². The lowest BCUT2D eigenvalue weighted by molar-refractivity contribution is -0.156. The zero-order valence-corrected chi connectivity index (χ0v) is 15.0. The Morgan fingerprint density at radius 2 is 1.68 bits per heavy atom. The molecule has 1 aliphatic rings. The Morgan fingerprint density at radius 3 is 2.24 bits per heavy atom. The molecule has 2 rings (SSSR count). The van der Waals surface area contributed by atoms with Gasteiger partial charge in [0, 0.05) is 26.2 Å². The van der Waals surface area contributed by atoms with Gasteiger partial charge in [-0.05, 0) is 45.0 Å². The summed E-state index contributed by atoms with van der Waals surface area (Å²) in [7, 11) is 0. The number of amides is 1. The van der Waals surface area contributed by atoms with Crippen molar-refractivity contribution in [1.82, 2.24) is 9.80 Å². The molecule has 0 unspecified atom stereocenters. The third kappa shape index (κ3) is 6.70. The van der Waals surface area contributed by atoms with Crippen LogP contribution in [0.4, 0.5) is 4.39 Å². The largest absolute Gasteiger partial charge is 0.484 e. The number of benzene rings is 1. The minimum atomic E-state index is -0.493. The lowest BCUT2D eigenvalue weighted by atomic mass is 10.2. The molecular formula is C18H25FN2O4. The molecule has 7 heteroatoms. The average molecular weight is 352 g/mol. The summed E-state index contributed by atoms with van der Waals surface area (Å²) in [4.78, 5) is 27.7. The number of hydrogen-bond acceptors (Lipinski definition) is 5. The Balaban J connectivity index is 1.71. The summed E-state index contributed by atoms with van der Waals surface area (Å²) in [6.07, 6.45) is 0. The number of nitrogens with zero attached hydrogens (tertiary/aromatic N) is 2. The molecule has 1 aliphatic heterocycles. The Labute approximate surface area is 147 Å². The van der Waals surface area contributed by atoms with Gasteiger partial charge in [-0.25, -0.2) is 4.39 Å². The highest BCUT2D eigenvalue weighted by molar-refractivity contribution is 5.78. The van der Waals surface area contributed by atoms with Gasteiger partial charge in [0.2, 0.25) is 0 Å². The molecule has 1 saturated heterocycles. The van der Waals surface area contributed by atoms with Crippen molar-refractivity contribution in [2.45, 2.75) is 26.4 Å². The van der Waals surface area contributed by atoms with E-state index >= 15 is 0 Å². The van der Waals surface area contributed by atoms with Crippen molar-refractivity contribution in [2.24, 2.45) is 0 Å². The predicted octanol–water partition coefficient (Wildman–Crippen LogP) is 1.69. The van der Waals surface area contributed by atoms with E-state index in [1.807, 2.05) is 25.7 Å². The Morgan fingerprint density at radius 1 is 1.08 bits per heavy atom. The molecule has 0 saturated carbocycles. The fourth-order valence-corrected chi connectivity index (χ4v) is 2.48. The molecule has 0 radical (unpaired) electrons. The van der Waals surface area contributed by atoms with Crippen molar-refractivity contribution < 1.29 is 23.5 Å². The normalized spacial score (nSPS) is 15.8. The van der Waals surface area contributed by atoms with Crippen LogP contribution >= 0.6 is 0 Å². The number of ether oxygens (including phenoxy) is 2. The van der Waals surface area contributed by atoms with Gasteiger partial charge in [0.15, 0.2) is 6.61 Å². The Bertz CT molecular complexity index is 590. The molecule has 0 aromatic heterocycles. The van der Waals surface area contributed by atoms with Crippen LogP contribution in [0.5, 0.6) is 5.75 Å². The summed E-state index contributed by atoms with van der Waals surface area (Å²) in [5, 5.41) is 0. The van der Waals surface area contributed by atoms with Crippen LogP contribution < -0.4 is 4.74 Å². The number of carbonyl (C=O) groups is 2. The predicted molar refractivity (Wildman–Crippen MR) is 90.8 cm³/mol. The third-order valence-corrected chi connectivity index (χ3v) is 3.67. The Hall–Kier alpha value is -2.15. The van der Waals surface area contributed by atoms with E-state index in [0.717, 1.165) is 0 Å². The van der Waals surface area contributed by atoms with Crippen molar-refractivity contribution in [3.63, 3.8) is 0 Å². The number of halogens is 1. The van der Waals surface area contributed by atoms with E-state index in [9.17, 15) is 14.0 Å². The smallest absolute Gasteiger partial charge is 0.320 e. The van der Waals surface area contributed by atoms with E-state index in [1.165, 1.54) is 24.3 Å². The molecular weight excluding hydrogens is 327 g/mol. The number of piperazine rings is 1. The molecule has 6 nitrogen and oxygen atoms in total. The summed E-state index contributed by atoms with van der Waals surface area (Å²) in [6.45, 7) is 7.95. The van der Waals surface area contributed by atoms with Crippen LogP contribution in [0, 0.1) is 5.82 Å². The van der Waals surface area contributed by atoms with E-state index in [-0.39, 0.29) is 30.8 Å². The van der Waals surface area contributed by atoms with Crippen LogP contribution in [0.3, 0.4) is 0 Å². The number of carbonyl (C=O) groups excluding carboxylic acids is 2. The molecule has 0 N–H and O–H groups in total.